The van der Waals surface area contributed by atoms with Crippen LogP contribution in [-0.2, 0) is 35.0 Å². The fraction of sp³-hybridized carbons (Fsp3) is 0.833. The lowest BCUT2D eigenvalue weighted by Gasteiger charge is -2.18. The van der Waals surface area contributed by atoms with Crippen LogP contribution in [0.2, 0.25) is 0 Å². The number of unbranched alkanes of at least 4 members (excludes halogenated alkanes) is 47. The summed E-state index contributed by atoms with van der Waals surface area (Å²) in [5, 5.41) is 0. The van der Waals surface area contributed by atoms with Crippen LogP contribution in [0, 0.1) is 0 Å². The molecule has 0 radical (unpaired) electrons. The second-order valence-electron chi connectivity index (χ2n) is 25.3. The highest BCUT2D eigenvalue weighted by Gasteiger charge is 2.19. The Morgan fingerprint density at radius 3 is 0.847 bits per heavy atom. The molecule has 7 nitrogen and oxygen atoms in total. The summed E-state index contributed by atoms with van der Waals surface area (Å²) in [6.45, 7) is 8.92. The van der Waals surface area contributed by atoms with E-state index in [0.717, 1.165) is 89.2 Å². The highest BCUT2D eigenvalue weighted by molar-refractivity contribution is 5.71. The van der Waals surface area contributed by atoms with E-state index in [1.807, 2.05) is 6.07 Å². The third-order valence-corrected chi connectivity index (χ3v) is 16.7. The molecule has 0 aliphatic carbocycles. The Morgan fingerprint density at radius 1 is 0.329 bits per heavy atom. The summed E-state index contributed by atoms with van der Waals surface area (Å²) in [5.41, 5.74) is 0. The molecule has 1 rings (SSSR count). The van der Waals surface area contributed by atoms with Crippen LogP contribution >= 0.6 is 0 Å². The van der Waals surface area contributed by atoms with E-state index in [1.54, 1.807) is 6.26 Å². The van der Waals surface area contributed by atoms with Crippen molar-refractivity contribution in [1.82, 2.24) is 0 Å². The Kier molecular flexibility index (Phi) is 69.1. The van der Waals surface area contributed by atoms with E-state index in [4.69, 9.17) is 18.6 Å². The van der Waals surface area contributed by atoms with Crippen molar-refractivity contribution >= 4 is 17.9 Å². The normalized spacial score (nSPS) is 11.6. The molecule has 1 heterocycles. The van der Waals surface area contributed by atoms with Gasteiger partial charge in [-0.25, -0.2) is 0 Å². The number of esters is 3. The van der Waals surface area contributed by atoms with Crippen molar-refractivity contribution in [2.24, 2.45) is 0 Å². The van der Waals surface area contributed by atoms with Gasteiger partial charge in [-0.1, -0.05) is 308 Å². The molecule has 1 aromatic heterocycles. The van der Waals surface area contributed by atoms with Gasteiger partial charge in [-0.15, -0.1) is 0 Å². The number of rotatable bonds is 66. The van der Waals surface area contributed by atoms with E-state index in [2.05, 4.69) is 70.2 Å². The lowest BCUT2D eigenvalue weighted by Crippen LogP contribution is -2.30. The SMILES string of the molecule is CCCCCCCC/C=C\CCCCCCCC(=O)OCC(COC(=O)CCCCCCC/C=C\CCCCCCCC)OC(=O)CCCCCCC/C=C\CCCCCCCC.CCCCCCCCCCCCCCCCCc1ccco1. The molecule has 0 fully saturated rings. The zero-order valence-electron chi connectivity index (χ0n) is 57.1. The summed E-state index contributed by atoms with van der Waals surface area (Å²) in [5.74, 6) is 0.255. The van der Waals surface area contributed by atoms with Crippen LogP contribution in [0.1, 0.15) is 399 Å². The van der Waals surface area contributed by atoms with Gasteiger partial charge in [0.25, 0.3) is 0 Å². The molecule has 0 unspecified atom stereocenters. The van der Waals surface area contributed by atoms with Crippen molar-refractivity contribution in [3.63, 3.8) is 0 Å². The van der Waals surface area contributed by atoms with Crippen molar-refractivity contribution < 1.29 is 33.0 Å². The Balaban J connectivity index is 0.00000266. The number of furan rings is 1. The number of hydrogen-bond donors (Lipinski definition) is 0. The molecule has 0 aliphatic rings. The van der Waals surface area contributed by atoms with Crippen molar-refractivity contribution in [2.45, 2.75) is 406 Å². The quantitative estimate of drug-likeness (QED) is 0.0278. The molecule has 1 aromatic rings. The monoisotopic (exact) mass is 1190 g/mol. The number of ether oxygens (including phenoxy) is 3. The summed E-state index contributed by atoms with van der Waals surface area (Å²) in [4.78, 5) is 38.0. The van der Waals surface area contributed by atoms with E-state index in [0.29, 0.717) is 19.3 Å². The molecule has 85 heavy (non-hydrogen) atoms. The van der Waals surface area contributed by atoms with Gasteiger partial charge >= 0.3 is 17.9 Å². The highest BCUT2D eigenvalue weighted by Crippen LogP contribution is 2.18. The first-order valence-electron chi connectivity index (χ1n) is 37.4. The third-order valence-electron chi connectivity index (χ3n) is 16.7. The smallest absolute Gasteiger partial charge is 0.306 e. The van der Waals surface area contributed by atoms with E-state index in [1.165, 1.54) is 270 Å². The van der Waals surface area contributed by atoms with E-state index < -0.39 is 6.10 Å². The third kappa shape index (κ3) is 68.3. The van der Waals surface area contributed by atoms with Crippen LogP contribution in [0.3, 0.4) is 0 Å². The van der Waals surface area contributed by atoms with Gasteiger partial charge in [0.1, 0.15) is 19.0 Å². The van der Waals surface area contributed by atoms with Crippen molar-refractivity contribution in [2.75, 3.05) is 13.2 Å². The summed E-state index contributed by atoms with van der Waals surface area (Å²) >= 11 is 0. The summed E-state index contributed by atoms with van der Waals surface area (Å²) in [6.07, 6.45) is 85.5. The van der Waals surface area contributed by atoms with Gasteiger partial charge in [0.15, 0.2) is 6.10 Å². The number of hydrogen-bond acceptors (Lipinski definition) is 7. The van der Waals surface area contributed by atoms with Crippen LogP contribution in [-0.4, -0.2) is 37.2 Å². The molecule has 0 N–H and O–H groups in total. The van der Waals surface area contributed by atoms with E-state index in [-0.39, 0.29) is 31.1 Å². The van der Waals surface area contributed by atoms with Crippen LogP contribution in [0.4, 0.5) is 0 Å². The van der Waals surface area contributed by atoms with Gasteiger partial charge in [0.05, 0.1) is 6.26 Å². The number of allylic oxidation sites excluding steroid dienone is 6. The first-order valence-corrected chi connectivity index (χ1v) is 37.4. The highest BCUT2D eigenvalue weighted by atomic mass is 16.6. The van der Waals surface area contributed by atoms with Gasteiger partial charge in [-0.3, -0.25) is 14.4 Å². The summed E-state index contributed by atoms with van der Waals surface area (Å²) in [7, 11) is 0. The fourth-order valence-electron chi connectivity index (χ4n) is 11.0. The Morgan fingerprint density at radius 2 is 0.576 bits per heavy atom. The van der Waals surface area contributed by atoms with Crippen LogP contribution in [0.25, 0.3) is 0 Å². The predicted octanol–water partition coefficient (Wildman–Crippen LogP) is 25.8. The lowest BCUT2D eigenvalue weighted by molar-refractivity contribution is -0.167. The second kappa shape index (κ2) is 71.7. The Bertz CT molecular complexity index is 1510. The Hall–Kier alpha value is -3.09. The van der Waals surface area contributed by atoms with Gasteiger partial charge in [0.2, 0.25) is 0 Å². The molecule has 0 bridgehead atoms. The molecule has 0 amide bonds. The number of carbonyl (C=O) groups is 3. The average Bonchev–Trinajstić information content (AvgIpc) is 4.04. The maximum Gasteiger partial charge on any atom is 0.306 e. The largest absolute Gasteiger partial charge is 0.469 e. The molecule has 7 heteroatoms. The van der Waals surface area contributed by atoms with Gasteiger partial charge in [0, 0.05) is 25.7 Å². The van der Waals surface area contributed by atoms with Crippen LogP contribution in [0.15, 0.2) is 59.3 Å². The Labute approximate surface area is 528 Å². The second-order valence-corrected chi connectivity index (χ2v) is 25.3. The average molecular weight is 1190 g/mol. The van der Waals surface area contributed by atoms with Gasteiger partial charge in [-0.05, 0) is 115 Å². The summed E-state index contributed by atoms with van der Waals surface area (Å²) in [6, 6.07) is 4.07. The zero-order valence-corrected chi connectivity index (χ0v) is 57.1. The van der Waals surface area contributed by atoms with E-state index in [9.17, 15) is 14.4 Å². The predicted molar refractivity (Wildman–Crippen MR) is 367 cm³/mol. The first-order chi connectivity index (χ1) is 42.0. The van der Waals surface area contributed by atoms with E-state index >= 15 is 0 Å². The zero-order chi connectivity index (χ0) is 61.5. The van der Waals surface area contributed by atoms with Crippen LogP contribution < -0.4 is 0 Å². The topological polar surface area (TPSA) is 92.0 Å². The van der Waals surface area contributed by atoms with Gasteiger partial charge in [-0.2, -0.15) is 0 Å². The van der Waals surface area contributed by atoms with Crippen LogP contribution in [0.5, 0.6) is 0 Å². The molecule has 0 atom stereocenters. The lowest BCUT2D eigenvalue weighted by atomic mass is 10.0. The van der Waals surface area contributed by atoms with Crippen molar-refractivity contribution in [3.05, 3.63) is 60.6 Å². The van der Waals surface area contributed by atoms with Crippen molar-refractivity contribution in [3.8, 4) is 0 Å². The molecular formula is C78H142O7. The molecule has 0 aliphatic heterocycles. The fourth-order valence-corrected chi connectivity index (χ4v) is 11.0. The molecular weight excluding hydrogens is 1050 g/mol. The standard InChI is InChI=1S/C57H104O6.C21H38O/c1-4-7-10-13-16-19-22-25-28-31-34-37-40-43-46-49-55(58)61-52-54(63-57(60)51-48-45-42-39-36-33-30-27-24-21-18-15-12-9-6-3)53-62-56(59)50-47-44-41-38-35-32-29-26-23-20-17-14-11-8-5-2;1-2-3-4-5-6-7-8-9-10-11-12-13-14-15-16-18-21-19-17-20-22-21/h25-30,54H,4-24,31-53H2,1-3H3;17,19-20H,2-16,18H2,1H3/b28-25-,29-26-,30-27-;. The molecule has 0 saturated carbocycles. The minimum Gasteiger partial charge on any atom is -0.469 e. The van der Waals surface area contributed by atoms with Gasteiger partial charge < -0.3 is 18.6 Å². The van der Waals surface area contributed by atoms with Crippen molar-refractivity contribution in [1.29, 1.82) is 0 Å². The minimum atomic E-state index is -0.781. The molecule has 0 aromatic carbocycles. The molecule has 0 spiro atoms. The summed E-state index contributed by atoms with van der Waals surface area (Å²) < 4.78 is 22.2. The maximum atomic E-state index is 12.8. The molecule has 0 saturated heterocycles. The minimum absolute atomic E-state index is 0.0806. The first kappa shape index (κ1) is 81.9. The number of aryl methyl sites for hydroxylation is 1. The molecule has 496 valence electrons. The number of carbonyl (C=O) groups excluding carboxylic acids is 3. The maximum absolute atomic E-state index is 12.8.